The first-order valence-electron chi connectivity index (χ1n) is 6.37. The van der Waals surface area contributed by atoms with E-state index in [1.165, 1.54) is 0 Å². The van der Waals surface area contributed by atoms with Crippen molar-refractivity contribution < 1.29 is 8.42 Å². The van der Waals surface area contributed by atoms with Crippen LogP contribution in [0.1, 0.15) is 24.0 Å². The number of hydrogen-bond donors (Lipinski definition) is 1. The first-order chi connectivity index (χ1) is 8.87. The number of benzene rings is 1. The minimum atomic E-state index is -3.47. The van der Waals surface area contributed by atoms with Gasteiger partial charge in [-0.15, -0.1) is 6.58 Å². The Morgan fingerprint density at radius 3 is 2.32 bits per heavy atom. The molecule has 1 saturated carbocycles. The molecule has 2 N–H and O–H groups in total. The lowest BCUT2D eigenvalue weighted by molar-refractivity contribution is 0.435. The van der Waals surface area contributed by atoms with Gasteiger partial charge in [-0.3, -0.25) is 0 Å². The van der Waals surface area contributed by atoms with Crippen molar-refractivity contribution in [2.24, 2.45) is 0 Å². The third-order valence-electron chi connectivity index (χ3n) is 3.31. The predicted octanol–water partition coefficient (Wildman–Crippen LogP) is 2.22. The van der Waals surface area contributed by atoms with Crippen LogP contribution < -0.4 is 5.73 Å². The zero-order valence-corrected chi connectivity index (χ0v) is 12.2. The number of nitrogens with zero attached hydrogens (tertiary/aromatic N) is 1. The smallest absolute Gasteiger partial charge is 0.244 e. The van der Waals surface area contributed by atoms with Crippen LogP contribution in [0, 0.1) is 13.8 Å². The molecule has 0 heterocycles. The first kappa shape index (κ1) is 14.1. The first-order valence-corrected chi connectivity index (χ1v) is 7.81. The molecule has 1 aromatic rings. The average molecular weight is 280 g/mol. The van der Waals surface area contributed by atoms with E-state index in [0.29, 0.717) is 28.3 Å². The molecule has 1 aromatic carbocycles. The third kappa shape index (κ3) is 2.67. The highest BCUT2D eigenvalue weighted by Gasteiger charge is 2.38. The summed E-state index contributed by atoms with van der Waals surface area (Å²) in [7, 11) is -3.47. The maximum atomic E-state index is 12.8. The number of rotatable bonds is 5. The molecule has 5 heteroatoms. The van der Waals surface area contributed by atoms with E-state index in [9.17, 15) is 8.42 Å². The highest BCUT2D eigenvalue weighted by molar-refractivity contribution is 7.89. The molecule has 1 aliphatic carbocycles. The van der Waals surface area contributed by atoms with Crippen LogP contribution in [0.2, 0.25) is 0 Å². The number of sulfonamides is 1. The van der Waals surface area contributed by atoms with Crippen LogP contribution in [0.4, 0.5) is 5.69 Å². The van der Waals surface area contributed by atoms with Gasteiger partial charge < -0.3 is 5.73 Å². The van der Waals surface area contributed by atoms with Crippen molar-refractivity contribution >= 4 is 15.7 Å². The molecular weight excluding hydrogens is 260 g/mol. The zero-order valence-electron chi connectivity index (χ0n) is 11.4. The molecule has 0 amide bonds. The summed E-state index contributed by atoms with van der Waals surface area (Å²) in [6.45, 7) is 7.58. The van der Waals surface area contributed by atoms with E-state index in [4.69, 9.17) is 5.73 Å². The Morgan fingerprint density at radius 2 is 1.89 bits per heavy atom. The fourth-order valence-corrected chi connectivity index (χ4v) is 4.51. The van der Waals surface area contributed by atoms with Crippen molar-refractivity contribution in [2.75, 3.05) is 12.3 Å². The van der Waals surface area contributed by atoms with Gasteiger partial charge >= 0.3 is 0 Å². The summed E-state index contributed by atoms with van der Waals surface area (Å²) in [5.74, 6) is 0. The molecule has 1 fully saturated rings. The maximum absolute atomic E-state index is 12.8. The largest absolute Gasteiger partial charge is 0.399 e. The lowest BCUT2D eigenvalue weighted by Crippen LogP contribution is -2.34. The quantitative estimate of drug-likeness (QED) is 0.664. The minimum absolute atomic E-state index is 0.124. The Labute approximate surface area is 115 Å². The van der Waals surface area contributed by atoms with Gasteiger partial charge in [-0.2, -0.15) is 4.31 Å². The van der Waals surface area contributed by atoms with Crippen molar-refractivity contribution in [3.05, 3.63) is 35.9 Å². The molecule has 0 aliphatic heterocycles. The van der Waals surface area contributed by atoms with E-state index in [1.54, 1.807) is 36.4 Å². The summed E-state index contributed by atoms with van der Waals surface area (Å²) in [5.41, 5.74) is 7.75. The van der Waals surface area contributed by atoms with Gasteiger partial charge in [0.15, 0.2) is 0 Å². The summed E-state index contributed by atoms with van der Waals surface area (Å²) in [6, 6.07) is 3.54. The van der Waals surface area contributed by atoms with Crippen LogP contribution >= 0.6 is 0 Å². The van der Waals surface area contributed by atoms with E-state index < -0.39 is 10.0 Å². The van der Waals surface area contributed by atoms with E-state index >= 15 is 0 Å². The van der Waals surface area contributed by atoms with Crippen molar-refractivity contribution in [2.45, 2.75) is 37.6 Å². The molecule has 1 aliphatic rings. The second-order valence-corrected chi connectivity index (χ2v) is 6.91. The molecule has 0 unspecified atom stereocenters. The van der Waals surface area contributed by atoms with E-state index in [0.717, 1.165) is 12.8 Å². The number of nitrogen functional groups attached to an aromatic ring is 1. The second kappa shape index (κ2) is 4.98. The van der Waals surface area contributed by atoms with E-state index in [-0.39, 0.29) is 6.04 Å². The summed E-state index contributed by atoms with van der Waals surface area (Å²) in [6.07, 6.45) is 3.50. The van der Waals surface area contributed by atoms with Gasteiger partial charge in [-0.25, -0.2) is 8.42 Å². The van der Waals surface area contributed by atoms with Crippen molar-refractivity contribution in [3.8, 4) is 0 Å². The zero-order chi connectivity index (χ0) is 14.2. The molecule has 4 nitrogen and oxygen atoms in total. The Kier molecular flexibility index (Phi) is 3.69. The summed E-state index contributed by atoms with van der Waals surface area (Å²) in [5, 5.41) is 0. The molecule has 0 atom stereocenters. The van der Waals surface area contributed by atoms with Crippen LogP contribution in [0.3, 0.4) is 0 Å². The van der Waals surface area contributed by atoms with E-state index in [2.05, 4.69) is 6.58 Å². The molecule has 0 bridgehead atoms. The van der Waals surface area contributed by atoms with Crippen LogP contribution in [-0.4, -0.2) is 25.3 Å². The number of nitrogens with two attached hydrogens (primary N) is 1. The van der Waals surface area contributed by atoms with Gasteiger partial charge in [0, 0.05) is 18.3 Å². The minimum Gasteiger partial charge on any atom is -0.399 e. The monoisotopic (exact) mass is 280 g/mol. The highest BCUT2D eigenvalue weighted by atomic mass is 32.2. The fraction of sp³-hybridized carbons (Fsp3) is 0.429. The molecular formula is C14H20N2O2S. The van der Waals surface area contributed by atoms with Crippen LogP contribution in [0.5, 0.6) is 0 Å². The molecule has 0 spiro atoms. The van der Waals surface area contributed by atoms with Crippen LogP contribution in [-0.2, 0) is 10.0 Å². The van der Waals surface area contributed by atoms with Crippen molar-refractivity contribution in [3.63, 3.8) is 0 Å². The van der Waals surface area contributed by atoms with Crippen LogP contribution in [0.25, 0.3) is 0 Å². The molecule has 0 radical (unpaired) electrons. The second-order valence-electron chi connectivity index (χ2n) is 5.08. The maximum Gasteiger partial charge on any atom is 0.244 e. The molecule has 0 aromatic heterocycles. The lowest BCUT2D eigenvalue weighted by atomic mass is 10.1. The van der Waals surface area contributed by atoms with Gasteiger partial charge in [0.2, 0.25) is 10.0 Å². The fourth-order valence-electron chi connectivity index (χ4n) is 2.44. The van der Waals surface area contributed by atoms with Gasteiger partial charge in [0.1, 0.15) is 0 Å². The lowest BCUT2D eigenvalue weighted by Gasteiger charge is -2.23. The molecule has 104 valence electrons. The Morgan fingerprint density at radius 1 is 1.37 bits per heavy atom. The summed E-state index contributed by atoms with van der Waals surface area (Å²) < 4.78 is 27.1. The molecule has 0 saturated heterocycles. The predicted molar refractivity (Wildman–Crippen MR) is 77.4 cm³/mol. The van der Waals surface area contributed by atoms with Crippen molar-refractivity contribution in [1.82, 2.24) is 4.31 Å². The normalized spacial score (nSPS) is 15.7. The van der Waals surface area contributed by atoms with Crippen LogP contribution in [0.15, 0.2) is 29.7 Å². The van der Waals surface area contributed by atoms with Gasteiger partial charge in [0.25, 0.3) is 0 Å². The molecule has 19 heavy (non-hydrogen) atoms. The number of hydrogen-bond acceptors (Lipinski definition) is 3. The van der Waals surface area contributed by atoms with Crippen molar-refractivity contribution in [1.29, 1.82) is 0 Å². The molecule has 2 rings (SSSR count). The number of anilines is 1. The van der Waals surface area contributed by atoms with Gasteiger partial charge in [0.05, 0.1) is 4.90 Å². The van der Waals surface area contributed by atoms with Gasteiger partial charge in [-0.05, 0) is 49.9 Å². The highest BCUT2D eigenvalue weighted by Crippen LogP contribution is 2.34. The Balaban J connectivity index is 2.52. The standard InChI is InChI=1S/C14H20N2O2S/c1-4-7-16(13-5-6-13)19(17,18)14-10(2)8-12(15)9-11(14)3/h4,8-9,13H,1,5-7,15H2,2-3H3. The van der Waals surface area contributed by atoms with E-state index in [1.807, 2.05) is 0 Å². The Bertz CT molecular complexity index is 581. The third-order valence-corrected chi connectivity index (χ3v) is 5.54. The Hall–Kier alpha value is -1.33. The summed E-state index contributed by atoms with van der Waals surface area (Å²) in [4.78, 5) is 0.385. The van der Waals surface area contributed by atoms with Gasteiger partial charge in [-0.1, -0.05) is 6.08 Å². The number of aryl methyl sites for hydroxylation is 2. The average Bonchev–Trinajstić information content (AvgIpc) is 3.07. The summed E-state index contributed by atoms with van der Waals surface area (Å²) >= 11 is 0. The topological polar surface area (TPSA) is 63.4 Å². The SMILES string of the molecule is C=CCN(C1CC1)S(=O)(=O)c1c(C)cc(N)cc1C.